The van der Waals surface area contributed by atoms with Gasteiger partial charge < -0.3 is 4.79 Å². The van der Waals surface area contributed by atoms with Crippen molar-refractivity contribution in [1.82, 2.24) is 0 Å². The van der Waals surface area contributed by atoms with Crippen molar-refractivity contribution in [2.24, 2.45) is 5.92 Å². The van der Waals surface area contributed by atoms with Crippen LogP contribution in [-0.4, -0.2) is 11.6 Å². The monoisotopic (exact) mass is 254 g/mol. The molecule has 0 aromatic rings. The van der Waals surface area contributed by atoms with Crippen LogP contribution in [-0.2, 0) is 9.59 Å². The molecule has 18 heavy (non-hydrogen) atoms. The van der Waals surface area contributed by atoms with Crippen LogP contribution in [0.3, 0.4) is 0 Å². The smallest absolute Gasteiger partial charge is 0.133 e. The molecule has 0 aliphatic heterocycles. The van der Waals surface area contributed by atoms with E-state index in [2.05, 4.69) is 13.8 Å². The third-order valence-corrected chi connectivity index (χ3v) is 3.44. The molecule has 0 spiro atoms. The molecule has 0 unspecified atom stereocenters. The maximum atomic E-state index is 11.4. The number of hydrogen-bond acceptors (Lipinski definition) is 2. The van der Waals surface area contributed by atoms with Crippen LogP contribution in [0, 0.1) is 5.92 Å². The fourth-order valence-corrected chi connectivity index (χ4v) is 2.25. The Balaban J connectivity index is 3.29. The lowest BCUT2D eigenvalue weighted by molar-refractivity contribution is -0.123. The molecule has 0 saturated heterocycles. The number of ketones is 2. The number of rotatable bonds is 12. The highest BCUT2D eigenvalue weighted by Crippen LogP contribution is 2.15. The van der Waals surface area contributed by atoms with Crippen molar-refractivity contribution in [1.29, 1.82) is 0 Å². The lowest BCUT2D eigenvalue weighted by atomic mass is 9.97. The van der Waals surface area contributed by atoms with Gasteiger partial charge >= 0.3 is 0 Å². The van der Waals surface area contributed by atoms with E-state index in [1.54, 1.807) is 6.92 Å². The zero-order valence-corrected chi connectivity index (χ0v) is 12.5. The Kier molecular flexibility index (Phi) is 11.0. The first-order valence-corrected chi connectivity index (χ1v) is 7.57. The van der Waals surface area contributed by atoms with Gasteiger partial charge in [-0.05, 0) is 19.3 Å². The Morgan fingerprint density at radius 2 is 1.56 bits per heavy atom. The summed E-state index contributed by atoms with van der Waals surface area (Å²) < 4.78 is 0. The van der Waals surface area contributed by atoms with Gasteiger partial charge in [-0.3, -0.25) is 4.79 Å². The normalized spacial score (nSPS) is 12.4. The second-order valence-electron chi connectivity index (χ2n) is 5.59. The fourth-order valence-electron chi connectivity index (χ4n) is 2.25. The second kappa shape index (κ2) is 11.4. The first kappa shape index (κ1) is 17.3. The molecule has 0 rings (SSSR count). The van der Waals surface area contributed by atoms with Crippen LogP contribution in [0.25, 0.3) is 0 Å². The van der Waals surface area contributed by atoms with Crippen LogP contribution < -0.4 is 0 Å². The molecule has 0 heterocycles. The number of carbonyl (C=O) groups excluding carboxylic acids is 2. The summed E-state index contributed by atoms with van der Waals surface area (Å²) in [4.78, 5) is 22.1. The van der Waals surface area contributed by atoms with Crippen LogP contribution >= 0.6 is 0 Å². The molecule has 0 aromatic heterocycles. The molecule has 0 radical (unpaired) electrons. The van der Waals surface area contributed by atoms with Crippen molar-refractivity contribution >= 4 is 11.6 Å². The summed E-state index contributed by atoms with van der Waals surface area (Å²) in [5, 5.41) is 0. The largest absolute Gasteiger partial charge is 0.300 e. The van der Waals surface area contributed by atoms with E-state index in [0.29, 0.717) is 19.3 Å². The van der Waals surface area contributed by atoms with Gasteiger partial charge in [-0.25, -0.2) is 0 Å². The predicted octanol–water partition coefficient (Wildman–Crippen LogP) is 4.70. The summed E-state index contributed by atoms with van der Waals surface area (Å²) in [7, 11) is 0. The standard InChI is InChI=1S/C16H30O2/c1-4-9-14(2)10-7-5-6-8-11-16(18)13-12-15(3)17/h14H,4-13H2,1-3H3/t14-/m0/s1. The highest BCUT2D eigenvalue weighted by Gasteiger charge is 2.04. The van der Waals surface area contributed by atoms with Crippen LogP contribution in [0.1, 0.15) is 85.0 Å². The lowest BCUT2D eigenvalue weighted by Gasteiger charge is -2.08. The summed E-state index contributed by atoms with van der Waals surface area (Å²) in [5.74, 6) is 1.23. The zero-order valence-electron chi connectivity index (χ0n) is 12.5. The predicted molar refractivity (Wildman–Crippen MR) is 76.7 cm³/mol. The molecule has 0 fully saturated rings. The number of Topliss-reactive ketones (excluding diaryl/α,β-unsaturated/α-hetero) is 2. The van der Waals surface area contributed by atoms with Gasteiger partial charge in [0.15, 0.2) is 0 Å². The molecule has 106 valence electrons. The van der Waals surface area contributed by atoms with Crippen LogP contribution in [0.2, 0.25) is 0 Å². The van der Waals surface area contributed by atoms with E-state index in [0.717, 1.165) is 18.8 Å². The Bertz CT molecular complexity index is 233. The van der Waals surface area contributed by atoms with Gasteiger partial charge in [0.25, 0.3) is 0 Å². The lowest BCUT2D eigenvalue weighted by Crippen LogP contribution is -2.01. The summed E-state index contributed by atoms with van der Waals surface area (Å²) in [6, 6.07) is 0. The van der Waals surface area contributed by atoms with Crippen molar-refractivity contribution in [3.8, 4) is 0 Å². The van der Waals surface area contributed by atoms with Crippen molar-refractivity contribution in [2.75, 3.05) is 0 Å². The minimum Gasteiger partial charge on any atom is -0.300 e. The van der Waals surface area contributed by atoms with Crippen LogP contribution in [0.4, 0.5) is 0 Å². The number of hydrogen-bond donors (Lipinski definition) is 0. The summed E-state index contributed by atoms with van der Waals surface area (Å²) in [6.07, 6.45) is 10.2. The molecule has 0 bridgehead atoms. The number of carbonyl (C=O) groups is 2. The highest BCUT2D eigenvalue weighted by atomic mass is 16.1. The van der Waals surface area contributed by atoms with Crippen LogP contribution in [0.5, 0.6) is 0 Å². The van der Waals surface area contributed by atoms with Gasteiger partial charge in [-0.1, -0.05) is 52.4 Å². The summed E-state index contributed by atoms with van der Waals surface area (Å²) >= 11 is 0. The Labute approximate surface area is 113 Å². The second-order valence-corrected chi connectivity index (χ2v) is 5.59. The van der Waals surface area contributed by atoms with E-state index in [-0.39, 0.29) is 11.6 Å². The Hall–Kier alpha value is -0.660. The van der Waals surface area contributed by atoms with E-state index in [9.17, 15) is 9.59 Å². The highest BCUT2D eigenvalue weighted by molar-refractivity contribution is 5.84. The van der Waals surface area contributed by atoms with Gasteiger partial charge in [-0.15, -0.1) is 0 Å². The number of unbranched alkanes of at least 4 members (excludes halogenated alkanes) is 3. The van der Waals surface area contributed by atoms with Gasteiger partial charge in [-0.2, -0.15) is 0 Å². The minimum atomic E-state index is 0.119. The third-order valence-electron chi connectivity index (χ3n) is 3.44. The average molecular weight is 254 g/mol. The van der Waals surface area contributed by atoms with Crippen molar-refractivity contribution < 1.29 is 9.59 Å². The maximum Gasteiger partial charge on any atom is 0.133 e. The van der Waals surface area contributed by atoms with Crippen molar-refractivity contribution in [2.45, 2.75) is 85.0 Å². The molecule has 0 N–H and O–H groups in total. The summed E-state index contributed by atoms with van der Waals surface area (Å²) in [6.45, 7) is 6.11. The summed E-state index contributed by atoms with van der Waals surface area (Å²) in [5.41, 5.74) is 0. The topological polar surface area (TPSA) is 34.1 Å². The van der Waals surface area contributed by atoms with E-state index >= 15 is 0 Å². The molecule has 1 atom stereocenters. The van der Waals surface area contributed by atoms with Gasteiger partial charge in [0.05, 0.1) is 0 Å². The molecule has 0 amide bonds. The zero-order chi connectivity index (χ0) is 13.8. The van der Waals surface area contributed by atoms with Crippen molar-refractivity contribution in [3.05, 3.63) is 0 Å². The molecule has 2 nitrogen and oxygen atoms in total. The van der Waals surface area contributed by atoms with E-state index < -0.39 is 0 Å². The molecule has 0 aliphatic rings. The molecule has 0 aromatic carbocycles. The van der Waals surface area contributed by atoms with E-state index in [1.807, 2.05) is 0 Å². The maximum absolute atomic E-state index is 11.4. The van der Waals surface area contributed by atoms with Gasteiger partial charge in [0.1, 0.15) is 11.6 Å². The molecular weight excluding hydrogens is 224 g/mol. The van der Waals surface area contributed by atoms with Crippen molar-refractivity contribution in [3.63, 3.8) is 0 Å². The quantitative estimate of drug-likeness (QED) is 0.473. The Morgan fingerprint density at radius 3 is 2.17 bits per heavy atom. The molecular formula is C16H30O2. The van der Waals surface area contributed by atoms with Gasteiger partial charge in [0.2, 0.25) is 0 Å². The fraction of sp³-hybridized carbons (Fsp3) is 0.875. The molecule has 0 saturated carbocycles. The van der Waals surface area contributed by atoms with Gasteiger partial charge in [0, 0.05) is 19.3 Å². The first-order chi connectivity index (χ1) is 8.56. The Morgan fingerprint density at radius 1 is 0.889 bits per heavy atom. The molecule has 0 aliphatic carbocycles. The minimum absolute atomic E-state index is 0.119. The first-order valence-electron chi connectivity index (χ1n) is 7.57. The van der Waals surface area contributed by atoms with E-state index in [4.69, 9.17) is 0 Å². The SMILES string of the molecule is CCC[C@H](C)CCCCCCC(=O)CCC(C)=O. The molecule has 2 heteroatoms. The van der Waals surface area contributed by atoms with Crippen LogP contribution in [0.15, 0.2) is 0 Å². The average Bonchev–Trinajstić information content (AvgIpc) is 2.31. The third kappa shape index (κ3) is 11.8. The van der Waals surface area contributed by atoms with E-state index in [1.165, 1.54) is 32.1 Å².